The van der Waals surface area contributed by atoms with Crippen molar-refractivity contribution in [2.75, 3.05) is 18.5 Å². The Hall–Kier alpha value is -0.820. The van der Waals surface area contributed by atoms with Crippen LogP contribution in [0.3, 0.4) is 0 Å². The third kappa shape index (κ3) is 8.90. The van der Waals surface area contributed by atoms with Gasteiger partial charge in [-0.05, 0) is 69.2 Å². The third-order valence-electron chi connectivity index (χ3n) is 4.77. The Bertz CT molecular complexity index is 528. The number of aliphatic imine (C=N–C) groups is 1. The molecular formula is C20H34IN3O. The Morgan fingerprint density at radius 2 is 1.88 bits per heavy atom. The first kappa shape index (κ1) is 22.2. The fraction of sp³-hybridized carbons (Fsp3) is 0.650. The number of aryl methyl sites for hydroxylation is 2. The molecule has 1 aliphatic carbocycles. The van der Waals surface area contributed by atoms with Crippen LogP contribution in [-0.4, -0.2) is 25.2 Å². The molecule has 0 saturated heterocycles. The summed E-state index contributed by atoms with van der Waals surface area (Å²) in [7, 11) is 0. The maximum atomic E-state index is 5.95. The van der Waals surface area contributed by atoms with E-state index in [1.807, 2.05) is 6.07 Å². The molecule has 25 heavy (non-hydrogen) atoms. The Balaban J connectivity index is 0.00000312. The van der Waals surface area contributed by atoms with Gasteiger partial charge in [0.25, 0.3) is 0 Å². The van der Waals surface area contributed by atoms with Crippen LogP contribution < -0.4 is 11.1 Å². The van der Waals surface area contributed by atoms with Crippen molar-refractivity contribution in [2.24, 2.45) is 10.7 Å². The molecule has 0 amide bonds. The van der Waals surface area contributed by atoms with E-state index in [4.69, 9.17) is 10.5 Å². The summed E-state index contributed by atoms with van der Waals surface area (Å²) in [5, 5.41) is 3.16. The van der Waals surface area contributed by atoms with Gasteiger partial charge in [0.2, 0.25) is 0 Å². The van der Waals surface area contributed by atoms with E-state index in [1.54, 1.807) is 0 Å². The van der Waals surface area contributed by atoms with E-state index in [1.165, 1.54) is 43.2 Å². The maximum Gasteiger partial charge on any atom is 0.193 e. The normalized spacial score (nSPS) is 15.7. The van der Waals surface area contributed by atoms with Gasteiger partial charge in [-0.15, -0.1) is 24.0 Å². The highest BCUT2D eigenvalue weighted by molar-refractivity contribution is 14.0. The predicted molar refractivity (Wildman–Crippen MR) is 118 cm³/mol. The minimum atomic E-state index is 0. The summed E-state index contributed by atoms with van der Waals surface area (Å²) in [5.41, 5.74) is 9.49. The maximum absolute atomic E-state index is 5.95. The SMILES string of the molecule is Cc1ccc(NC(N)=NCCCCCOC2CCCCC2)cc1C.I. The number of nitrogens with two attached hydrogens (primary N) is 1. The van der Waals surface area contributed by atoms with E-state index >= 15 is 0 Å². The van der Waals surface area contributed by atoms with Gasteiger partial charge in [0, 0.05) is 18.8 Å². The van der Waals surface area contributed by atoms with Gasteiger partial charge in [0.05, 0.1) is 6.10 Å². The average Bonchev–Trinajstić information content (AvgIpc) is 2.58. The molecular weight excluding hydrogens is 425 g/mol. The number of benzene rings is 1. The summed E-state index contributed by atoms with van der Waals surface area (Å²) in [4.78, 5) is 4.40. The molecule has 5 heteroatoms. The van der Waals surface area contributed by atoms with Crippen molar-refractivity contribution >= 4 is 35.6 Å². The molecule has 3 N–H and O–H groups in total. The molecule has 1 aromatic carbocycles. The minimum Gasteiger partial charge on any atom is -0.378 e. The molecule has 1 aliphatic rings. The molecule has 0 aromatic heterocycles. The number of nitrogens with zero attached hydrogens (tertiary/aromatic N) is 1. The summed E-state index contributed by atoms with van der Waals surface area (Å²) in [6.07, 6.45) is 10.4. The molecule has 1 fully saturated rings. The number of nitrogens with one attached hydrogen (secondary N) is 1. The molecule has 1 aromatic rings. The van der Waals surface area contributed by atoms with Crippen LogP contribution in [-0.2, 0) is 4.74 Å². The molecule has 142 valence electrons. The Kier molecular flexibility index (Phi) is 11.1. The zero-order valence-electron chi connectivity index (χ0n) is 15.7. The summed E-state index contributed by atoms with van der Waals surface area (Å²) < 4.78 is 5.94. The molecule has 0 spiro atoms. The minimum absolute atomic E-state index is 0. The molecule has 0 radical (unpaired) electrons. The highest BCUT2D eigenvalue weighted by Crippen LogP contribution is 2.20. The molecule has 2 rings (SSSR count). The number of unbranched alkanes of at least 4 members (excludes halogenated alkanes) is 2. The van der Waals surface area contributed by atoms with Gasteiger partial charge in [-0.3, -0.25) is 4.99 Å². The predicted octanol–water partition coefficient (Wildman–Crippen LogP) is 5.17. The van der Waals surface area contributed by atoms with Gasteiger partial charge in [-0.2, -0.15) is 0 Å². The number of guanidine groups is 1. The van der Waals surface area contributed by atoms with Crippen LogP contribution in [0.25, 0.3) is 0 Å². The fourth-order valence-electron chi connectivity index (χ4n) is 3.08. The van der Waals surface area contributed by atoms with Crippen LogP contribution in [0, 0.1) is 13.8 Å². The van der Waals surface area contributed by atoms with Crippen LogP contribution in [0.4, 0.5) is 5.69 Å². The Morgan fingerprint density at radius 1 is 1.12 bits per heavy atom. The van der Waals surface area contributed by atoms with E-state index in [-0.39, 0.29) is 24.0 Å². The summed E-state index contributed by atoms with van der Waals surface area (Å²) in [6, 6.07) is 6.23. The summed E-state index contributed by atoms with van der Waals surface area (Å²) in [6.45, 7) is 5.87. The van der Waals surface area contributed by atoms with Crippen LogP contribution >= 0.6 is 24.0 Å². The van der Waals surface area contributed by atoms with Crippen molar-refractivity contribution in [3.05, 3.63) is 29.3 Å². The Labute approximate surface area is 170 Å². The van der Waals surface area contributed by atoms with Crippen molar-refractivity contribution in [3.8, 4) is 0 Å². The fourth-order valence-corrected chi connectivity index (χ4v) is 3.08. The molecule has 0 heterocycles. The van der Waals surface area contributed by atoms with Gasteiger partial charge < -0.3 is 15.8 Å². The monoisotopic (exact) mass is 459 g/mol. The van der Waals surface area contributed by atoms with Gasteiger partial charge in [-0.1, -0.05) is 25.3 Å². The number of hydrogen-bond acceptors (Lipinski definition) is 2. The van der Waals surface area contributed by atoms with E-state index in [0.717, 1.165) is 38.1 Å². The smallest absolute Gasteiger partial charge is 0.193 e. The second-order valence-corrected chi connectivity index (χ2v) is 6.88. The lowest BCUT2D eigenvalue weighted by Crippen LogP contribution is -2.23. The van der Waals surface area contributed by atoms with Gasteiger partial charge in [0.15, 0.2) is 5.96 Å². The van der Waals surface area contributed by atoms with E-state index in [9.17, 15) is 0 Å². The lowest BCUT2D eigenvalue weighted by atomic mass is 9.98. The van der Waals surface area contributed by atoms with Gasteiger partial charge in [0.1, 0.15) is 0 Å². The van der Waals surface area contributed by atoms with Crippen LogP contribution in [0.1, 0.15) is 62.5 Å². The summed E-state index contributed by atoms with van der Waals surface area (Å²) in [5.74, 6) is 0.497. The standard InChI is InChI=1S/C20H33N3O.HI/c1-16-11-12-18(15-17(16)2)23-20(21)22-13-7-4-8-14-24-19-9-5-3-6-10-19;/h11-12,15,19H,3-10,13-14H2,1-2H3,(H3,21,22,23);1H. The second-order valence-electron chi connectivity index (χ2n) is 6.88. The number of anilines is 1. The first-order valence-electron chi connectivity index (χ1n) is 9.41. The third-order valence-corrected chi connectivity index (χ3v) is 4.77. The van der Waals surface area contributed by atoms with Crippen molar-refractivity contribution in [1.82, 2.24) is 0 Å². The molecule has 0 aliphatic heterocycles. The molecule has 0 atom stereocenters. The first-order valence-corrected chi connectivity index (χ1v) is 9.41. The van der Waals surface area contributed by atoms with Gasteiger partial charge >= 0.3 is 0 Å². The highest BCUT2D eigenvalue weighted by atomic mass is 127. The molecule has 1 saturated carbocycles. The van der Waals surface area contributed by atoms with E-state index in [0.29, 0.717) is 12.1 Å². The zero-order valence-corrected chi connectivity index (χ0v) is 18.1. The van der Waals surface area contributed by atoms with Crippen LogP contribution in [0.5, 0.6) is 0 Å². The van der Waals surface area contributed by atoms with Crippen LogP contribution in [0.2, 0.25) is 0 Å². The summed E-state index contributed by atoms with van der Waals surface area (Å²) >= 11 is 0. The van der Waals surface area contributed by atoms with Crippen molar-refractivity contribution in [3.63, 3.8) is 0 Å². The van der Waals surface area contributed by atoms with Crippen molar-refractivity contribution in [1.29, 1.82) is 0 Å². The molecule has 4 nitrogen and oxygen atoms in total. The molecule has 0 bridgehead atoms. The molecule has 0 unspecified atom stereocenters. The first-order chi connectivity index (χ1) is 11.6. The number of ether oxygens (including phenoxy) is 1. The second kappa shape index (κ2) is 12.5. The van der Waals surface area contributed by atoms with Crippen LogP contribution in [0.15, 0.2) is 23.2 Å². The number of halogens is 1. The number of rotatable bonds is 8. The van der Waals surface area contributed by atoms with E-state index < -0.39 is 0 Å². The lowest BCUT2D eigenvalue weighted by Gasteiger charge is -2.21. The largest absolute Gasteiger partial charge is 0.378 e. The van der Waals surface area contributed by atoms with E-state index in [2.05, 4.69) is 36.3 Å². The van der Waals surface area contributed by atoms with Gasteiger partial charge in [-0.25, -0.2) is 0 Å². The highest BCUT2D eigenvalue weighted by Gasteiger charge is 2.12. The zero-order chi connectivity index (χ0) is 17.2. The number of hydrogen-bond donors (Lipinski definition) is 2. The topological polar surface area (TPSA) is 59.6 Å². The average molecular weight is 459 g/mol. The van der Waals surface area contributed by atoms with Crippen molar-refractivity contribution < 1.29 is 4.74 Å². The lowest BCUT2D eigenvalue weighted by molar-refractivity contribution is 0.0264. The van der Waals surface area contributed by atoms with Crippen molar-refractivity contribution in [2.45, 2.75) is 71.3 Å². The quantitative estimate of drug-likeness (QED) is 0.244. The Morgan fingerprint density at radius 3 is 2.60 bits per heavy atom.